The molecule has 20 heavy (non-hydrogen) atoms. The number of ether oxygens (including phenoxy) is 1. The Balaban J connectivity index is 2.04. The summed E-state index contributed by atoms with van der Waals surface area (Å²) in [6.07, 6.45) is 4.21. The van der Waals surface area contributed by atoms with Crippen molar-refractivity contribution >= 4 is 40.3 Å². The van der Waals surface area contributed by atoms with E-state index in [1.165, 1.54) is 6.33 Å². The molecule has 7 nitrogen and oxygen atoms in total. The predicted octanol–water partition coefficient (Wildman–Crippen LogP) is 0.637. The third-order valence-electron chi connectivity index (χ3n) is 3.38. The molecule has 1 saturated heterocycles. The van der Waals surface area contributed by atoms with Crippen LogP contribution < -0.4 is 5.73 Å². The number of aliphatic hydroxyl groups excluding tert-OH is 1. The molecule has 9 heteroatoms. The highest BCUT2D eigenvalue weighted by Crippen LogP contribution is 2.40. The number of fused-ring (bicyclic) bond motifs is 1. The van der Waals surface area contributed by atoms with E-state index in [-0.39, 0.29) is 23.5 Å². The third kappa shape index (κ3) is 2.03. The summed E-state index contributed by atoms with van der Waals surface area (Å²) in [6.45, 7) is -0.120. The van der Waals surface area contributed by atoms with Crippen LogP contribution in [0, 0.1) is 0 Å². The van der Waals surface area contributed by atoms with Gasteiger partial charge in [0.05, 0.1) is 23.6 Å². The van der Waals surface area contributed by atoms with Gasteiger partial charge in [-0.15, -0.1) is 11.6 Å². The molecule has 0 bridgehead atoms. The van der Waals surface area contributed by atoms with Gasteiger partial charge in [0.2, 0.25) is 0 Å². The first-order chi connectivity index (χ1) is 9.67. The Labute approximate surface area is 124 Å². The lowest BCUT2D eigenvalue weighted by molar-refractivity contribution is -0.0189. The zero-order chi connectivity index (χ0) is 14.3. The summed E-state index contributed by atoms with van der Waals surface area (Å²) in [4.78, 5) is 12.3. The smallest absolute Gasteiger partial charge is 0.167 e. The maximum atomic E-state index is 9.33. The van der Waals surface area contributed by atoms with E-state index in [9.17, 15) is 5.11 Å². The number of halogens is 1. The normalized spacial score (nSPS) is 30.1. The Kier molecular flexibility index (Phi) is 3.72. The molecule has 0 radical (unpaired) electrons. The van der Waals surface area contributed by atoms with E-state index in [4.69, 9.17) is 22.1 Å². The molecule has 1 aliphatic rings. The molecule has 1 aliphatic heterocycles. The highest BCUT2D eigenvalue weighted by atomic mass is 35.5. The van der Waals surface area contributed by atoms with Crippen LogP contribution in [-0.2, 0) is 4.74 Å². The van der Waals surface area contributed by atoms with Gasteiger partial charge in [-0.05, 0) is 6.26 Å². The molecule has 0 spiro atoms. The topological polar surface area (TPSA) is 99.1 Å². The van der Waals surface area contributed by atoms with E-state index in [1.807, 2.05) is 6.26 Å². The van der Waals surface area contributed by atoms with E-state index in [1.54, 1.807) is 22.7 Å². The van der Waals surface area contributed by atoms with Gasteiger partial charge >= 0.3 is 0 Å². The van der Waals surface area contributed by atoms with Crippen molar-refractivity contribution in [1.29, 1.82) is 0 Å². The number of hydrogen-bond acceptors (Lipinski definition) is 7. The number of alkyl halides is 1. The minimum absolute atomic E-state index is 0.0117. The van der Waals surface area contributed by atoms with Crippen LogP contribution in [0.2, 0.25) is 0 Å². The number of rotatable bonds is 3. The minimum Gasteiger partial charge on any atom is -0.394 e. The van der Waals surface area contributed by atoms with Gasteiger partial charge in [0.15, 0.2) is 17.7 Å². The first-order valence-corrected chi connectivity index (χ1v) is 7.76. The summed E-state index contributed by atoms with van der Waals surface area (Å²) in [5.74, 6) is 0.327. The molecule has 3 heterocycles. The number of nitrogen functional groups attached to an aromatic ring is 1. The fourth-order valence-electron chi connectivity index (χ4n) is 2.37. The third-order valence-corrected chi connectivity index (χ3v) is 5.15. The monoisotopic (exact) mass is 315 g/mol. The van der Waals surface area contributed by atoms with Gasteiger partial charge in [-0.25, -0.2) is 15.0 Å². The van der Waals surface area contributed by atoms with Crippen LogP contribution in [0.5, 0.6) is 0 Å². The Morgan fingerprint density at radius 2 is 2.30 bits per heavy atom. The highest BCUT2D eigenvalue weighted by Gasteiger charge is 2.44. The molecule has 0 aliphatic carbocycles. The largest absolute Gasteiger partial charge is 0.394 e. The summed E-state index contributed by atoms with van der Waals surface area (Å²) in [5.41, 5.74) is 6.91. The van der Waals surface area contributed by atoms with E-state index < -0.39 is 6.10 Å². The maximum Gasteiger partial charge on any atom is 0.167 e. The highest BCUT2D eigenvalue weighted by molar-refractivity contribution is 7.99. The van der Waals surface area contributed by atoms with Crippen LogP contribution >= 0.6 is 23.4 Å². The number of imidazole rings is 1. The van der Waals surface area contributed by atoms with Gasteiger partial charge < -0.3 is 15.6 Å². The number of aromatic nitrogens is 4. The molecule has 4 atom stereocenters. The van der Waals surface area contributed by atoms with Crippen molar-refractivity contribution in [3.63, 3.8) is 0 Å². The van der Waals surface area contributed by atoms with Crippen molar-refractivity contribution in [2.24, 2.45) is 0 Å². The molecule has 1 fully saturated rings. The molecule has 108 valence electrons. The van der Waals surface area contributed by atoms with Crippen molar-refractivity contribution in [1.82, 2.24) is 19.5 Å². The summed E-state index contributed by atoms with van der Waals surface area (Å²) in [5, 5.41) is 9.04. The molecular weight excluding hydrogens is 302 g/mol. The van der Waals surface area contributed by atoms with E-state index in [2.05, 4.69) is 15.0 Å². The van der Waals surface area contributed by atoms with Gasteiger partial charge in [0.1, 0.15) is 17.9 Å². The van der Waals surface area contributed by atoms with E-state index >= 15 is 0 Å². The predicted molar refractivity (Wildman–Crippen MR) is 77.7 cm³/mol. The van der Waals surface area contributed by atoms with Gasteiger partial charge in [-0.3, -0.25) is 4.57 Å². The van der Waals surface area contributed by atoms with E-state index in [0.717, 1.165) is 0 Å². The Morgan fingerprint density at radius 3 is 3.00 bits per heavy atom. The lowest BCUT2D eigenvalue weighted by Crippen LogP contribution is -2.26. The number of anilines is 1. The van der Waals surface area contributed by atoms with Crippen molar-refractivity contribution < 1.29 is 9.84 Å². The summed E-state index contributed by atoms with van der Waals surface area (Å²) in [7, 11) is 0. The first kappa shape index (κ1) is 13.9. The molecule has 0 amide bonds. The second kappa shape index (κ2) is 5.36. The van der Waals surface area contributed by atoms with Gasteiger partial charge in [-0.1, -0.05) is 0 Å². The van der Waals surface area contributed by atoms with Gasteiger partial charge in [-0.2, -0.15) is 11.8 Å². The molecule has 0 aromatic carbocycles. The summed E-state index contributed by atoms with van der Waals surface area (Å²) < 4.78 is 7.63. The second-order valence-electron chi connectivity index (χ2n) is 4.48. The molecule has 3 rings (SSSR count). The first-order valence-electron chi connectivity index (χ1n) is 6.03. The maximum absolute atomic E-state index is 9.33. The zero-order valence-corrected chi connectivity index (χ0v) is 12.3. The SMILES string of the molecule is CS[C@@H]1[C@@H](Cl)[C@@H](CO)O[C@H]1n1cnc2c(N)ncnc21. The fourth-order valence-corrected chi connectivity index (χ4v) is 3.81. The Hall–Kier alpha value is -1.09. The van der Waals surface area contributed by atoms with Gasteiger partial charge in [0, 0.05) is 0 Å². The molecule has 2 aromatic heterocycles. The standard InChI is InChI=1S/C11H14ClN5O2S/c1-20-8-6(12)5(2-18)19-11(8)17-4-16-7-9(13)14-3-15-10(7)17/h3-6,8,11,18H,2H2,1H3,(H2,13,14,15)/t5-,6+,8-,11-/m1/s1. The van der Waals surface area contributed by atoms with Gasteiger partial charge in [0.25, 0.3) is 0 Å². The minimum atomic E-state index is -0.407. The van der Waals surface area contributed by atoms with E-state index in [0.29, 0.717) is 17.0 Å². The lowest BCUT2D eigenvalue weighted by Gasteiger charge is -2.19. The number of aliphatic hydroxyl groups is 1. The molecule has 2 aromatic rings. The number of thioether (sulfide) groups is 1. The average Bonchev–Trinajstić information content (AvgIpc) is 3.00. The Bertz CT molecular complexity index is 624. The number of nitrogens with two attached hydrogens (primary N) is 1. The van der Waals surface area contributed by atoms with Crippen LogP contribution in [0.3, 0.4) is 0 Å². The van der Waals surface area contributed by atoms with Crippen LogP contribution in [0.15, 0.2) is 12.7 Å². The number of nitrogens with zero attached hydrogens (tertiary/aromatic N) is 4. The number of hydrogen-bond donors (Lipinski definition) is 2. The van der Waals surface area contributed by atoms with Crippen LogP contribution in [0.1, 0.15) is 6.23 Å². The Morgan fingerprint density at radius 1 is 1.50 bits per heavy atom. The molecular formula is C11H14ClN5O2S. The summed E-state index contributed by atoms with van der Waals surface area (Å²) >= 11 is 7.93. The van der Waals surface area contributed by atoms with Crippen LogP contribution in [0.25, 0.3) is 11.2 Å². The summed E-state index contributed by atoms with van der Waals surface area (Å²) in [6, 6.07) is 0. The van der Waals surface area contributed by atoms with Crippen LogP contribution in [0.4, 0.5) is 5.82 Å². The lowest BCUT2D eigenvalue weighted by atomic mass is 10.2. The van der Waals surface area contributed by atoms with Crippen molar-refractivity contribution in [3.8, 4) is 0 Å². The fraction of sp³-hybridized carbons (Fsp3) is 0.545. The second-order valence-corrected chi connectivity index (χ2v) is 6.00. The quantitative estimate of drug-likeness (QED) is 0.802. The molecule has 3 N–H and O–H groups in total. The zero-order valence-electron chi connectivity index (χ0n) is 10.7. The van der Waals surface area contributed by atoms with Crippen molar-refractivity contribution in [3.05, 3.63) is 12.7 Å². The molecule has 0 saturated carbocycles. The van der Waals surface area contributed by atoms with Crippen molar-refractivity contribution in [2.75, 3.05) is 18.6 Å². The van der Waals surface area contributed by atoms with Crippen molar-refractivity contribution in [2.45, 2.75) is 23.0 Å². The van der Waals surface area contributed by atoms with Crippen LogP contribution in [-0.4, -0.2) is 54.2 Å². The average molecular weight is 316 g/mol. The molecule has 0 unspecified atom stereocenters.